The van der Waals surface area contributed by atoms with Crippen molar-refractivity contribution in [3.63, 3.8) is 0 Å². The van der Waals surface area contributed by atoms with Crippen molar-refractivity contribution in [1.82, 2.24) is 10.3 Å². The van der Waals surface area contributed by atoms with Crippen LogP contribution in [0.1, 0.15) is 50.6 Å². The summed E-state index contributed by atoms with van der Waals surface area (Å²) in [7, 11) is 0. The molecule has 2 aromatic carbocycles. The van der Waals surface area contributed by atoms with Crippen molar-refractivity contribution in [2.75, 3.05) is 4.90 Å². The Kier molecular flexibility index (Phi) is 7.18. The molecule has 3 rings (SSSR count). The van der Waals surface area contributed by atoms with Crippen molar-refractivity contribution in [1.29, 1.82) is 0 Å². The van der Waals surface area contributed by atoms with Crippen LogP contribution >= 0.6 is 11.3 Å². The molecule has 0 radical (unpaired) electrons. The minimum atomic E-state index is -0.0240. The van der Waals surface area contributed by atoms with Crippen LogP contribution in [0.5, 0.6) is 0 Å². The second kappa shape index (κ2) is 9.81. The molecular formula is C24H29N3OS. The van der Waals surface area contributed by atoms with Crippen molar-refractivity contribution in [3.05, 3.63) is 76.8 Å². The molecule has 1 N–H and O–H groups in total. The topological polar surface area (TPSA) is 45.2 Å². The third-order valence-corrected chi connectivity index (χ3v) is 5.86. The van der Waals surface area contributed by atoms with Crippen LogP contribution in [-0.2, 0) is 17.8 Å². The molecule has 0 saturated carbocycles. The molecule has 0 saturated heterocycles. The Bertz CT molecular complexity index is 936. The number of carbonyl (C=O) groups is 1. The molecule has 0 aliphatic carbocycles. The van der Waals surface area contributed by atoms with Crippen LogP contribution < -0.4 is 10.2 Å². The van der Waals surface area contributed by atoms with E-state index >= 15 is 0 Å². The summed E-state index contributed by atoms with van der Waals surface area (Å²) in [5.41, 5.74) is 4.29. The maximum Gasteiger partial charge on any atom is 0.230 e. The number of amides is 1. The van der Waals surface area contributed by atoms with Gasteiger partial charge in [0.1, 0.15) is 0 Å². The number of aryl methyl sites for hydroxylation is 1. The van der Waals surface area contributed by atoms with E-state index in [2.05, 4.69) is 56.4 Å². The third-order valence-electron chi connectivity index (χ3n) is 4.99. The fourth-order valence-corrected chi connectivity index (χ4v) is 4.41. The summed E-state index contributed by atoms with van der Waals surface area (Å²) in [5, 5.41) is 6.39. The standard InChI is InChI=1S/C24H29N3OS/c1-5-19-11-9-10-14-22(19)27(18(4)28)24-26-21(16-29-24)15-25-23(17(2)3)20-12-7-6-8-13-20/h6-14,16-17,23,25H,5,15H2,1-4H3. The normalized spacial score (nSPS) is 12.2. The zero-order valence-corrected chi connectivity index (χ0v) is 18.4. The number of nitrogens with zero attached hydrogens (tertiary/aromatic N) is 2. The Labute approximate surface area is 177 Å². The van der Waals surface area contributed by atoms with Gasteiger partial charge in [0.2, 0.25) is 5.91 Å². The smallest absolute Gasteiger partial charge is 0.230 e. The van der Waals surface area contributed by atoms with Gasteiger partial charge in [0, 0.05) is 24.9 Å². The number of rotatable bonds is 8. The molecule has 1 aromatic heterocycles. The van der Waals surface area contributed by atoms with Gasteiger partial charge in [-0.05, 0) is 29.5 Å². The lowest BCUT2D eigenvalue weighted by Crippen LogP contribution is -2.26. The zero-order chi connectivity index (χ0) is 20.8. The molecule has 0 aliphatic rings. The lowest BCUT2D eigenvalue weighted by Gasteiger charge is -2.23. The number of benzene rings is 2. The predicted molar refractivity (Wildman–Crippen MR) is 122 cm³/mol. The maximum absolute atomic E-state index is 12.4. The van der Waals surface area contributed by atoms with Crippen molar-refractivity contribution >= 4 is 28.1 Å². The molecule has 1 unspecified atom stereocenters. The molecule has 152 valence electrons. The van der Waals surface area contributed by atoms with Crippen LogP contribution in [0, 0.1) is 5.92 Å². The van der Waals surface area contributed by atoms with Crippen LogP contribution in [0.4, 0.5) is 10.8 Å². The molecule has 0 spiro atoms. The van der Waals surface area contributed by atoms with Crippen LogP contribution in [-0.4, -0.2) is 10.9 Å². The van der Waals surface area contributed by atoms with Gasteiger partial charge in [0.25, 0.3) is 0 Å². The minimum absolute atomic E-state index is 0.0240. The zero-order valence-electron chi connectivity index (χ0n) is 17.6. The van der Waals surface area contributed by atoms with Gasteiger partial charge in [0.05, 0.1) is 11.4 Å². The molecule has 0 bridgehead atoms. The van der Waals surface area contributed by atoms with E-state index in [0.29, 0.717) is 12.5 Å². The molecule has 5 heteroatoms. The number of aromatic nitrogens is 1. The van der Waals surface area contributed by atoms with Gasteiger partial charge >= 0.3 is 0 Å². The quantitative estimate of drug-likeness (QED) is 0.507. The van der Waals surface area contributed by atoms with Crippen molar-refractivity contribution in [2.45, 2.75) is 46.7 Å². The summed E-state index contributed by atoms with van der Waals surface area (Å²) in [5.74, 6) is 0.435. The number of thiazole rings is 1. The van der Waals surface area contributed by atoms with Crippen LogP contribution in [0.25, 0.3) is 0 Å². The summed E-state index contributed by atoms with van der Waals surface area (Å²) < 4.78 is 0. The molecule has 3 aromatic rings. The van der Waals surface area contributed by atoms with E-state index in [1.165, 1.54) is 16.9 Å². The van der Waals surface area contributed by atoms with E-state index in [1.807, 2.05) is 29.6 Å². The van der Waals surface area contributed by atoms with Gasteiger partial charge in [-0.2, -0.15) is 0 Å². The summed E-state index contributed by atoms with van der Waals surface area (Å²) >= 11 is 1.51. The molecule has 1 heterocycles. The molecule has 29 heavy (non-hydrogen) atoms. The van der Waals surface area contributed by atoms with Crippen molar-refractivity contribution < 1.29 is 4.79 Å². The first-order valence-electron chi connectivity index (χ1n) is 10.1. The molecule has 1 amide bonds. The number of carbonyl (C=O) groups excluding carboxylic acids is 1. The van der Waals surface area contributed by atoms with Crippen LogP contribution in [0.2, 0.25) is 0 Å². The average molecular weight is 408 g/mol. The Morgan fingerprint density at radius 3 is 2.45 bits per heavy atom. The minimum Gasteiger partial charge on any atom is -0.304 e. The lowest BCUT2D eigenvalue weighted by atomic mass is 9.96. The van der Waals surface area contributed by atoms with Gasteiger partial charge < -0.3 is 5.32 Å². The Hall–Kier alpha value is -2.50. The highest BCUT2D eigenvalue weighted by atomic mass is 32.1. The highest BCUT2D eigenvalue weighted by molar-refractivity contribution is 7.14. The monoisotopic (exact) mass is 407 g/mol. The summed E-state index contributed by atoms with van der Waals surface area (Å²) in [6.07, 6.45) is 0.868. The molecular weight excluding hydrogens is 378 g/mol. The van der Waals surface area contributed by atoms with Gasteiger partial charge in [-0.3, -0.25) is 9.69 Å². The first-order valence-corrected chi connectivity index (χ1v) is 11.0. The number of nitrogens with one attached hydrogen (secondary N) is 1. The maximum atomic E-state index is 12.4. The van der Waals surface area contributed by atoms with Crippen LogP contribution in [0.15, 0.2) is 60.0 Å². The van der Waals surface area contributed by atoms with E-state index < -0.39 is 0 Å². The van der Waals surface area contributed by atoms with E-state index in [-0.39, 0.29) is 11.9 Å². The number of hydrogen-bond donors (Lipinski definition) is 1. The van der Waals surface area contributed by atoms with Crippen molar-refractivity contribution in [2.24, 2.45) is 5.92 Å². The van der Waals surface area contributed by atoms with E-state index in [0.717, 1.165) is 28.5 Å². The summed E-state index contributed by atoms with van der Waals surface area (Å²) in [6.45, 7) is 8.79. The summed E-state index contributed by atoms with van der Waals surface area (Å²) in [6, 6.07) is 18.8. The fraction of sp³-hybridized carbons (Fsp3) is 0.333. The lowest BCUT2D eigenvalue weighted by molar-refractivity contribution is -0.115. The molecule has 0 fully saturated rings. The average Bonchev–Trinajstić information content (AvgIpc) is 3.17. The Morgan fingerprint density at radius 2 is 1.79 bits per heavy atom. The van der Waals surface area contributed by atoms with E-state index in [9.17, 15) is 4.79 Å². The summed E-state index contributed by atoms with van der Waals surface area (Å²) in [4.78, 5) is 18.9. The van der Waals surface area contributed by atoms with Crippen LogP contribution in [0.3, 0.4) is 0 Å². The van der Waals surface area contributed by atoms with E-state index in [4.69, 9.17) is 4.98 Å². The number of para-hydroxylation sites is 1. The largest absolute Gasteiger partial charge is 0.304 e. The number of hydrogen-bond acceptors (Lipinski definition) is 4. The number of anilines is 2. The van der Waals surface area contributed by atoms with Gasteiger partial charge in [-0.15, -0.1) is 11.3 Å². The molecule has 1 atom stereocenters. The van der Waals surface area contributed by atoms with Gasteiger partial charge in [-0.1, -0.05) is 69.3 Å². The fourth-order valence-electron chi connectivity index (χ4n) is 3.53. The van der Waals surface area contributed by atoms with Gasteiger partial charge in [-0.25, -0.2) is 4.98 Å². The Morgan fingerprint density at radius 1 is 1.10 bits per heavy atom. The predicted octanol–water partition coefficient (Wildman–Crippen LogP) is 5.88. The first kappa shape index (κ1) is 21.2. The molecule has 4 nitrogen and oxygen atoms in total. The molecule has 0 aliphatic heterocycles. The third kappa shape index (κ3) is 5.11. The first-order chi connectivity index (χ1) is 14.0. The van der Waals surface area contributed by atoms with E-state index in [1.54, 1.807) is 11.8 Å². The van der Waals surface area contributed by atoms with Gasteiger partial charge in [0.15, 0.2) is 5.13 Å². The Balaban J connectivity index is 1.79. The second-order valence-electron chi connectivity index (χ2n) is 7.47. The van der Waals surface area contributed by atoms with Crippen molar-refractivity contribution in [3.8, 4) is 0 Å². The highest BCUT2D eigenvalue weighted by Crippen LogP contribution is 2.32. The highest BCUT2D eigenvalue weighted by Gasteiger charge is 2.21. The SMILES string of the molecule is CCc1ccccc1N(C(C)=O)c1nc(CNC(c2ccccc2)C(C)C)cs1. The second-order valence-corrected chi connectivity index (χ2v) is 8.31.